The number of anilines is 2. The number of rotatable bonds is 12. The molecule has 4 aromatic rings. The first-order valence-corrected chi connectivity index (χ1v) is 11.8. The fourth-order valence-corrected chi connectivity index (χ4v) is 3.51. The summed E-state index contributed by atoms with van der Waals surface area (Å²) in [6.45, 7) is 1.71. The largest absolute Gasteiger partial charge is 0.487 e. The SMILES string of the molecule is COCCOc1cc2ncnc(Nc3ccc(Oc4ccc(Br)cc4)cc3)c2cc1OCCOC. The fourth-order valence-electron chi connectivity index (χ4n) is 3.24. The molecule has 0 bridgehead atoms. The lowest BCUT2D eigenvalue weighted by Gasteiger charge is -2.15. The van der Waals surface area contributed by atoms with Crippen molar-refractivity contribution < 1.29 is 23.7 Å². The lowest BCUT2D eigenvalue weighted by Crippen LogP contribution is -2.09. The topological polar surface area (TPSA) is 84.0 Å². The summed E-state index contributed by atoms with van der Waals surface area (Å²) in [5.74, 6) is 3.32. The van der Waals surface area contributed by atoms with Gasteiger partial charge in [-0.25, -0.2) is 9.97 Å². The summed E-state index contributed by atoms with van der Waals surface area (Å²) in [6.07, 6.45) is 1.51. The Hall–Kier alpha value is -3.40. The van der Waals surface area contributed by atoms with Gasteiger partial charge in [0.2, 0.25) is 0 Å². The summed E-state index contributed by atoms with van der Waals surface area (Å²) in [5.41, 5.74) is 1.58. The Kier molecular flexibility index (Phi) is 8.72. The molecule has 4 rings (SSSR count). The Morgan fingerprint density at radius 2 is 1.34 bits per heavy atom. The Labute approximate surface area is 212 Å². The summed E-state index contributed by atoms with van der Waals surface area (Å²) >= 11 is 3.43. The number of nitrogens with zero attached hydrogens (tertiary/aromatic N) is 2. The maximum Gasteiger partial charge on any atom is 0.163 e. The third-order valence-corrected chi connectivity index (χ3v) is 5.49. The lowest BCUT2D eigenvalue weighted by molar-refractivity contribution is 0.132. The molecule has 0 saturated carbocycles. The van der Waals surface area contributed by atoms with Crippen LogP contribution in [0.3, 0.4) is 0 Å². The van der Waals surface area contributed by atoms with Gasteiger partial charge in [-0.3, -0.25) is 0 Å². The zero-order chi connectivity index (χ0) is 24.5. The fraction of sp³-hybridized carbons (Fsp3) is 0.231. The van der Waals surface area contributed by atoms with Gasteiger partial charge in [0.1, 0.15) is 36.9 Å². The van der Waals surface area contributed by atoms with Gasteiger partial charge in [-0.2, -0.15) is 0 Å². The van der Waals surface area contributed by atoms with Crippen LogP contribution >= 0.6 is 15.9 Å². The third kappa shape index (κ3) is 6.82. The number of ether oxygens (including phenoxy) is 5. The Balaban J connectivity index is 1.54. The van der Waals surface area contributed by atoms with Crippen molar-refractivity contribution in [2.45, 2.75) is 0 Å². The molecule has 0 fully saturated rings. The highest BCUT2D eigenvalue weighted by atomic mass is 79.9. The summed E-state index contributed by atoms with van der Waals surface area (Å²) in [6, 6.07) is 19.1. The van der Waals surface area contributed by atoms with Crippen molar-refractivity contribution in [3.8, 4) is 23.0 Å². The molecule has 0 aliphatic heterocycles. The van der Waals surface area contributed by atoms with Crippen LogP contribution in [0, 0.1) is 0 Å². The number of aromatic nitrogens is 2. The molecule has 0 aliphatic carbocycles. The molecule has 1 heterocycles. The van der Waals surface area contributed by atoms with E-state index < -0.39 is 0 Å². The van der Waals surface area contributed by atoms with Crippen molar-refractivity contribution in [3.05, 3.63) is 71.5 Å². The second-order valence-electron chi connectivity index (χ2n) is 7.43. The van der Waals surface area contributed by atoms with E-state index in [1.165, 1.54) is 6.33 Å². The van der Waals surface area contributed by atoms with E-state index in [1.54, 1.807) is 14.2 Å². The molecule has 0 spiro atoms. The molecule has 182 valence electrons. The first-order valence-electron chi connectivity index (χ1n) is 11.0. The van der Waals surface area contributed by atoms with E-state index in [2.05, 4.69) is 31.2 Å². The van der Waals surface area contributed by atoms with Gasteiger partial charge >= 0.3 is 0 Å². The molecular weight excluding hydrogens is 514 g/mol. The van der Waals surface area contributed by atoms with Crippen LogP contribution in [0.4, 0.5) is 11.5 Å². The van der Waals surface area contributed by atoms with Crippen molar-refractivity contribution >= 4 is 38.3 Å². The van der Waals surface area contributed by atoms with Crippen LogP contribution in [0.15, 0.2) is 71.5 Å². The summed E-state index contributed by atoms with van der Waals surface area (Å²) in [4.78, 5) is 8.86. The third-order valence-electron chi connectivity index (χ3n) is 4.96. The highest BCUT2D eigenvalue weighted by Gasteiger charge is 2.13. The second-order valence-corrected chi connectivity index (χ2v) is 8.34. The molecule has 0 unspecified atom stereocenters. The molecule has 1 aromatic heterocycles. The molecule has 9 heteroatoms. The molecule has 1 N–H and O–H groups in total. The van der Waals surface area contributed by atoms with Gasteiger partial charge in [0, 0.05) is 35.8 Å². The number of hydrogen-bond donors (Lipinski definition) is 1. The van der Waals surface area contributed by atoms with E-state index in [-0.39, 0.29) is 0 Å². The maximum atomic E-state index is 5.91. The second kappa shape index (κ2) is 12.3. The van der Waals surface area contributed by atoms with Gasteiger partial charge in [-0.15, -0.1) is 0 Å². The van der Waals surface area contributed by atoms with Crippen molar-refractivity contribution in [3.63, 3.8) is 0 Å². The first-order chi connectivity index (χ1) is 17.2. The van der Waals surface area contributed by atoms with Crippen LogP contribution < -0.4 is 19.5 Å². The maximum absolute atomic E-state index is 5.91. The van der Waals surface area contributed by atoms with Gasteiger partial charge < -0.3 is 29.0 Å². The van der Waals surface area contributed by atoms with Crippen LogP contribution in [0.2, 0.25) is 0 Å². The number of fused-ring (bicyclic) bond motifs is 1. The molecule has 3 aromatic carbocycles. The Morgan fingerprint density at radius 1 is 0.743 bits per heavy atom. The highest BCUT2D eigenvalue weighted by Crippen LogP contribution is 2.35. The average Bonchev–Trinajstić information content (AvgIpc) is 2.87. The molecule has 35 heavy (non-hydrogen) atoms. The molecule has 0 saturated heterocycles. The summed E-state index contributed by atoms with van der Waals surface area (Å²) in [5, 5.41) is 4.16. The zero-order valence-electron chi connectivity index (χ0n) is 19.5. The van der Waals surface area contributed by atoms with Gasteiger partial charge in [0.05, 0.1) is 18.7 Å². The van der Waals surface area contributed by atoms with Crippen molar-refractivity contribution in [2.75, 3.05) is 46.0 Å². The Bertz CT molecular complexity index is 1240. The lowest BCUT2D eigenvalue weighted by atomic mass is 10.2. The van der Waals surface area contributed by atoms with E-state index in [4.69, 9.17) is 23.7 Å². The monoisotopic (exact) mass is 539 g/mol. The van der Waals surface area contributed by atoms with Crippen LogP contribution in [0.5, 0.6) is 23.0 Å². The molecular formula is C26H26BrN3O5. The van der Waals surface area contributed by atoms with Crippen LogP contribution in [0.25, 0.3) is 10.9 Å². The minimum atomic E-state index is 0.388. The standard InChI is InChI=1S/C26H26BrN3O5/c1-31-11-13-33-24-15-22-23(16-25(24)34-14-12-32-2)28-17-29-26(22)30-19-5-9-21(10-6-19)35-20-7-3-18(27)4-8-20/h3-10,15-17H,11-14H2,1-2H3,(H,28,29,30). The van der Waals surface area contributed by atoms with E-state index in [1.807, 2.05) is 60.7 Å². The van der Waals surface area contributed by atoms with Gasteiger partial charge in [-0.05, 0) is 54.6 Å². The normalized spacial score (nSPS) is 10.8. The number of hydrogen-bond acceptors (Lipinski definition) is 8. The summed E-state index contributed by atoms with van der Waals surface area (Å²) in [7, 11) is 3.26. The molecule has 8 nitrogen and oxygen atoms in total. The minimum absolute atomic E-state index is 0.388. The smallest absolute Gasteiger partial charge is 0.163 e. The van der Waals surface area contributed by atoms with Gasteiger partial charge in [0.15, 0.2) is 11.5 Å². The number of halogens is 1. The number of benzene rings is 3. The predicted octanol–water partition coefficient (Wildman–Crippen LogP) is 5.98. The van der Waals surface area contributed by atoms with Crippen molar-refractivity contribution in [1.29, 1.82) is 0 Å². The zero-order valence-corrected chi connectivity index (χ0v) is 21.1. The van der Waals surface area contributed by atoms with E-state index in [0.29, 0.717) is 43.7 Å². The van der Waals surface area contributed by atoms with Crippen LogP contribution in [0.1, 0.15) is 0 Å². The number of methoxy groups -OCH3 is 2. The molecule has 0 radical (unpaired) electrons. The quantitative estimate of drug-likeness (QED) is 0.220. The van der Waals surface area contributed by atoms with Crippen molar-refractivity contribution in [2.24, 2.45) is 0 Å². The van der Waals surface area contributed by atoms with Gasteiger partial charge in [-0.1, -0.05) is 15.9 Å². The predicted molar refractivity (Wildman–Crippen MR) is 138 cm³/mol. The number of nitrogens with one attached hydrogen (secondary N) is 1. The Morgan fingerprint density at radius 3 is 1.97 bits per heavy atom. The summed E-state index contributed by atoms with van der Waals surface area (Å²) < 4.78 is 28.9. The molecule has 0 amide bonds. The van der Waals surface area contributed by atoms with Gasteiger partial charge in [0.25, 0.3) is 0 Å². The first kappa shape index (κ1) is 24.7. The van der Waals surface area contributed by atoms with E-state index >= 15 is 0 Å². The molecule has 0 atom stereocenters. The van der Waals surface area contributed by atoms with E-state index in [9.17, 15) is 0 Å². The highest BCUT2D eigenvalue weighted by molar-refractivity contribution is 9.10. The molecule has 0 aliphatic rings. The minimum Gasteiger partial charge on any atom is -0.487 e. The van der Waals surface area contributed by atoms with Crippen LogP contribution in [-0.4, -0.2) is 50.6 Å². The van der Waals surface area contributed by atoms with E-state index in [0.717, 1.165) is 32.6 Å². The van der Waals surface area contributed by atoms with Crippen molar-refractivity contribution in [1.82, 2.24) is 9.97 Å². The van der Waals surface area contributed by atoms with Crippen LogP contribution in [-0.2, 0) is 9.47 Å². The average molecular weight is 540 g/mol.